The summed E-state index contributed by atoms with van der Waals surface area (Å²) in [5, 5.41) is 18.0. The summed E-state index contributed by atoms with van der Waals surface area (Å²) in [5.74, 6) is -2.11. The number of aromatic nitrogens is 3. The highest BCUT2D eigenvalue weighted by molar-refractivity contribution is 5.90. The van der Waals surface area contributed by atoms with E-state index in [-0.39, 0.29) is 12.2 Å². The fourth-order valence-corrected chi connectivity index (χ4v) is 1.49. The quantitative estimate of drug-likeness (QED) is 0.871. The maximum Gasteiger partial charge on any atom is 0.358 e. The summed E-state index contributed by atoms with van der Waals surface area (Å²) >= 11 is 0. The summed E-state index contributed by atoms with van der Waals surface area (Å²) in [6, 6.07) is 4.32. The van der Waals surface area contributed by atoms with Crippen molar-refractivity contribution in [3.63, 3.8) is 0 Å². The van der Waals surface area contributed by atoms with Crippen molar-refractivity contribution in [1.29, 1.82) is 0 Å². The van der Waals surface area contributed by atoms with Gasteiger partial charge in [-0.15, -0.1) is 5.10 Å². The highest BCUT2D eigenvalue weighted by Crippen LogP contribution is 2.13. The van der Waals surface area contributed by atoms with Crippen molar-refractivity contribution in [1.82, 2.24) is 15.0 Å². The average Bonchev–Trinajstić information content (AvgIpc) is 2.82. The van der Waals surface area contributed by atoms with Crippen LogP contribution >= 0.6 is 0 Å². The monoisotopic (exact) mass is 278 g/mol. The van der Waals surface area contributed by atoms with Crippen molar-refractivity contribution in [2.45, 2.75) is 13.5 Å². The molecule has 0 aliphatic heterocycles. The number of anilines is 1. The molecule has 1 amide bonds. The first-order chi connectivity index (χ1) is 9.45. The minimum absolute atomic E-state index is 0.213. The van der Waals surface area contributed by atoms with Gasteiger partial charge in [-0.2, -0.15) is 0 Å². The third kappa shape index (κ3) is 3.16. The topological polar surface area (TPSA) is 97.1 Å². The van der Waals surface area contributed by atoms with Crippen LogP contribution in [0.1, 0.15) is 16.1 Å². The average molecular weight is 278 g/mol. The number of carbonyl (C=O) groups is 2. The number of nitrogens with zero attached hydrogens (tertiary/aromatic N) is 3. The van der Waals surface area contributed by atoms with Crippen LogP contribution in [0.3, 0.4) is 0 Å². The molecule has 2 N–H and O–H groups in total. The van der Waals surface area contributed by atoms with Crippen molar-refractivity contribution < 1.29 is 19.1 Å². The van der Waals surface area contributed by atoms with Crippen molar-refractivity contribution >= 4 is 17.6 Å². The third-order valence-corrected chi connectivity index (χ3v) is 2.52. The van der Waals surface area contributed by atoms with Crippen LogP contribution in [0.15, 0.2) is 24.4 Å². The van der Waals surface area contributed by atoms with Crippen LogP contribution in [0.2, 0.25) is 0 Å². The number of benzene rings is 1. The number of hydrogen-bond acceptors (Lipinski definition) is 4. The summed E-state index contributed by atoms with van der Waals surface area (Å²) in [6.07, 6.45) is 1.14. The molecule has 2 aromatic rings. The van der Waals surface area contributed by atoms with E-state index in [2.05, 4.69) is 15.6 Å². The van der Waals surface area contributed by atoms with Gasteiger partial charge in [0.2, 0.25) is 5.91 Å². The van der Waals surface area contributed by atoms with Gasteiger partial charge in [-0.3, -0.25) is 4.79 Å². The lowest BCUT2D eigenvalue weighted by molar-refractivity contribution is -0.116. The van der Waals surface area contributed by atoms with E-state index in [1.54, 1.807) is 19.1 Å². The van der Waals surface area contributed by atoms with E-state index in [1.165, 1.54) is 6.07 Å². The van der Waals surface area contributed by atoms with Crippen LogP contribution in [0.4, 0.5) is 10.1 Å². The molecular weight excluding hydrogens is 267 g/mol. The molecule has 0 aliphatic carbocycles. The number of amides is 1. The summed E-state index contributed by atoms with van der Waals surface area (Å²) < 4.78 is 14.4. The van der Waals surface area contributed by atoms with Gasteiger partial charge in [-0.25, -0.2) is 13.9 Å². The highest BCUT2D eigenvalue weighted by atomic mass is 19.1. The largest absolute Gasteiger partial charge is 0.476 e. The van der Waals surface area contributed by atoms with Gasteiger partial charge < -0.3 is 10.4 Å². The number of aryl methyl sites for hydroxylation is 1. The lowest BCUT2D eigenvalue weighted by Crippen LogP contribution is -2.19. The van der Waals surface area contributed by atoms with E-state index in [9.17, 15) is 14.0 Å². The zero-order chi connectivity index (χ0) is 14.7. The van der Waals surface area contributed by atoms with Gasteiger partial charge in [0.05, 0.1) is 6.20 Å². The molecule has 0 bridgehead atoms. The van der Waals surface area contributed by atoms with Gasteiger partial charge in [-0.05, 0) is 24.6 Å². The van der Waals surface area contributed by atoms with E-state index < -0.39 is 17.7 Å². The molecule has 0 spiro atoms. The van der Waals surface area contributed by atoms with Gasteiger partial charge in [0, 0.05) is 5.69 Å². The first kappa shape index (κ1) is 13.7. The number of carboxylic acids is 1. The van der Waals surface area contributed by atoms with Crippen LogP contribution in [-0.2, 0) is 11.3 Å². The molecule has 0 unspecified atom stereocenters. The summed E-state index contributed by atoms with van der Waals surface area (Å²) in [6.45, 7) is 1.40. The number of rotatable bonds is 4. The second-order valence-corrected chi connectivity index (χ2v) is 4.12. The Morgan fingerprint density at radius 3 is 2.80 bits per heavy atom. The van der Waals surface area contributed by atoms with Crippen LogP contribution in [0.25, 0.3) is 0 Å². The smallest absolute Gasteiger partial charge is 0.358 e. The lowest BCUT2D eigenvalue weighted by Gasteiger charge is -2.06. The Balaban J connectivity index is 2.01. The van der Waals surface area contributed by atoms with E-state index in [1.807, 2.05) is 0 Å². The minimum Gasteiger partial charge on any atom is -0.476 e. The molecule has 104 valence electrons. The van der Waals surface area contributed by atoms with E-state index in [0.29, 0.717) is 11.3 Å². The molecule has 1 heterocycles. The normalized spacial score (nSPS) is 10.3. The molecule has 0 saturated heterocycles. The van der Waals surface area contributed by atoms with Crippen LogP contribution in [0, 0.1) is 12.7 Å². The fourth-order valence-electron chi connectivity index (χ4n) is 1.49. The Morgan fingerprint density at radius 2 is 2.20 bits per heavy atom. The predicted molar refractivity (Wildman–Crippen MR) is 66.7 cm³/mol. The standard InChI is InChI=1S/C12H11FN4O3/c1-7-2-3-8(4-9(7)13)14-11(18)6-17-5-10(12(19)20)15-16-17/h2-5H,6H2,1H3,(H,14,18)(H,19,20). The summed E-state index contributed by atoms with van der Waals surface area (Å²) in [4.78, 5) is 22.3. The molecule has 1 aromatic carbocycles. The Kier molecular flexibility index (Phi) is 3.74. The van der Waals surface area contributed by atoms with Crippen molar-refractivity contribution in [3.05, 3.63) is 41.5 Å². The maximum atomic E-state index is 13.3. The molecule has 20 heavy (non-hydrogen) atoms. The second-order valence-electron chi connectivity index (χ2n) is 4.12. The highest BCUT2D eigenvalue weighted by Gasteiger charge is 2.11. The molecule has 2 rings (SSSR count). The van der Waals surface area contributed by atoms with E-state index in [4.69, 9.17) is 5.11 Å². The molecule has 1 aromatic heterocycles. The Morgan fingerprint density at radius 1 is 1.45 bits per heavy atom. The zero-order valence-corrected chi connectivity index (χ0v) is 10.5. The Bertz CT molecular complexity index is 668. The zero-order valence-electron chi connectivity index (χ0n) is 10.5. The van der Waals surface area contributed by atoms with Gasteiger partial charge >= 0.3 is 5.97 Å². The van der Waals surface area contributed by atoms with E-state index in [0.717, 1.165) is 10.9 Å². The molecule has 7 nitrogen and oxygen atoms in total. The minimum atomic E-state index is -1.22. The van der Waals surface area contributed by atoms with Crippen molar-refractivity contribution in [3.8, 4) is 0 Å². The molecule has 0 saturated carbocycles. The first-order valence-electron chi connectivity index (χ1n) is 5.65. The van der Waals surface area contributed by atoms with Crippen LogP contribution < -0.4 is 5.32 Å². The summed E-state index contributed by atoms with van der Waals surface area (Å²) in [5.41, 5.74) is 0.543. The number of hydrogen-bond donors (Lipinski definition) is 2. The number of carbonyl (C=O) groups excluding carboxylic acids is 1. The van der Waals surface area contributed by atoms with Crippen molar-refractivity contribution in [2.75, 3.05) is 5.32 Å². The van der Waals surface area contributed by atoms with E-state index >= 15 is 0 Å². The number of aromatic carboxylic acids is 1. The van der Waals surface area contributed by atoms with Gasteiger partial charge in [-0.1, -0.05) is 11.3 Å². The van der Waals surface area contributed by atoms with Gasteiger partial charge in [0.1, 0.15) is 12.4 Å². The molecule has 0 radical (unpaired) electrons. The number of nitrogens with one attached hydrogen (secondary N) is 1. The fraction of sp³-hybridized carbons (Fsp3) is 0.167. The second kappa shape index (κ2) is 5.47. The molecule has 0 fully saturated rings. The molecule has 8 heteroatoms. The first-order valence-corrected chi connectivity index (χ1v) is 5.65. The Hall–Kier alpha value is -2.77. The number of halogens is 1. The molecule has 0 atom stereocenters. The lowest BCUT2D eigenvalue weighted by atomic mass is 10.2. The predicted octanol–water partition coefficient (Wildman–Crippen LogP) is 1.06. The van der Waals surface area contributed by atoms with Gasteiger partial charge in [0.25, 0.3) is 0 Å². The van der Waals surface area contributed by atoms with Gasteiger partial charge in [0.15, 0.2) is 5.69 Å². The third-order valence-electron chi connectivity index (χ3n) is 2.52. The van der Waals surface area contributed by atoms with Crippen LogP contribution in [0.5, 0.6) is 0 Å². The maximum absolute atomic E-state index is 13.3. The molecular formula is C12H11FN4O3. The number of carboxylic acid groups (broad SMARTS) is 1. The Labute approximate surface area is 113 Å². The van der Waals surface area contributed by atoms with Crippen LogP contribution in [-0.4, -0.2) is 32.0 Å². The SMILES string of the molecule is Cc1ccc(NC(=O)Cn2cc(C(=O)O)nn2)cc1F. The summed E-state index contributed by atoms with van der Waals surface area (Å²) in [7, 11) is 0. The van der Waals surface area contributed by atoms with Crippen molar-refractivity contribution in [2.24, 2.45) is 0 Å². The molecule has 0 aliphatic rings.